The maximum absolute atomic E-state index is 13.2. The Hall–Kier alpha value is -6.35. The lowest BCUT2D eigenvalue weighted by Crippen LogP contribution is -2.27. The predicted octanol–water partition coefficient (Wildman–Crippen LogP) is 11.0. The van der Waals surface area contributed by atoms with Gasteiger partial charge in [0.1, 0.15) is 23.9 Å². The van der Waals surface area contributed by atoms with E-state index in [-0.39, 0.29) is 25.1 Å². The third kappa shape index (κ3) is 17.6. The Morgan fingerprint density at radius 1 is 0.725 bits per heavy atom. The van der Waals surface area contributed by atoms with E-state index in [1.807, 2.05) is 53.7 Å². The molecule has 0 unspecified atom stereocenters. The second-order valence-electron chi connectivity index (χ2n) is 16.7. The van der Waals surface area contributed by atoms with E-state index in [1.54, 1.807) is 23.5 Å². The number of fused-ring (bicyclic) bond motifs is 1. The van der Waals surface area contributed by atoms with Gasteiger partial charge in [-0.25, -0.2) is 19.6 Å². The first-order valence-electron chi connectivity index (χ1n) is 24.0. The van der Waals surface area contributed by atoms with E-state index in [0.29, 0.717) is 57.9 Å². The third-order valence-corrected chi connectivity index (χ3v) is 12.6. The highest BCUT2D eigenvalue weighted by molar-refractivity contribution is 7.22. The number of esters is 3. The molecule has 1 aromatic heterocycles. The first-order valence-corrected chi connectivity index (χ1v) is 24.8. The van der Waals surface area contributed by atoms with Crippen molar-refractivity contribution in [1.29, 1.82) is 0 Å². The second kappa shape index (κ2) is 28.9. The minimum absolute atomic E-state index is 0.153. The Kier molecular flexibility index (Phi) is 21.8. The number of para-hydroxylation sites is 1. The molecular formula is C55H65N3O10S. The van der Waals surface area contributed by atoms with Gasteiger partial charge >= 0.3 is 17.9 Å². The van der Waals surface area contributed by atoms with Gasteiger partial charge in [0.05, 0.1) is 75.1 Å². The van der Waals surface area contributed by atoms with Crippen LogP contribution in [0.1, 0.15) is 75.8 Å². The molecule has 4 aromatic carbocycles. The highest BCUT2D eigenvalue weighted by Crippen LogP contribution is 2.33. The average Bonchev–Trinajstić information content (AvgIpc) is 3.82. The molecule has 0 aliphatic heterocycles. The quantitative estimate of drug-likeness (QED) is 0.0108. The second-order valence-corrected chi connectivity index (χ2v) is 17.7. The zero-order valence-electron chi connectivity index (χ0n) is 39.7. The van der Waals surface area contributed by atoms with Crippen LogP contribution in [0.25, 0.3) is 21.3 Å². The van der Waals surface area contributed by atoms with Gasteiger partial charge in [-0.2, -0.15) is 5.10 Å². The van der Waals surface area contributed by atoms with Crippen molar-refractivity contribution in [2.75, 3.05) is 64.4 Å². The Balaban J connectivity index is 1.02. The van der Waals surface area contributed by atoms with E-state index < -0.39 is 11.9 Å². The summed E-state index contributed by atoms with van der Waals surface area (Å²) >= 11 is 1.57. The number of hydrogen-bond donors (Lipinski definition) is 0. The molecule has 14 heteroatoms. The van der Waals surface area contributed by atoms with Gasteiger partial charge in [-0.3, -0.25) is 4.79 Å². The smallest absolute Gasteiger partial charge is 0.330 e. The van der Waals surface area contributed by atoms with E-state index in [0.717, 1.165) is 114 Å². The standard InChI is InChI=1S/C55H65N3O10S/c1-4-13-41-16-20-43(21-17-41)49-29-28-48(38-45(49)39-56-58(55-57-50-14-9-10-15-51(50)69-55)30-33-62-34-35-63-36-37-66-53(60)6-3)67-40-42-18-22-44(23-19-42)54(61)68-47-26-24-46(25-27-47)64-31-11-7-8-12-32-65-52(59)5-2/h5-6,9-10,14-17,20-21,24-29,38-39,42,44H,2-4,7-8,11-13,18-19,22-23,30-37,40H2,1H3/b56-39+. The summed E-state index contributed by atoms with van der Waals surface area (Å²) in [7, 11) is 0. The van der Waals surface area contributed by atoms with Crippen LogP contribution in [0.4, 0.5) is 5.13 Å². The van der Waals surface area contributed by atoms with Crippen molar-refractivity contribution in [1.82, 2.24) is 4.98 Å². The molecule has 1 heterocycles. The molecule has 0 radical (unpaired) electrons. The zero-order chi connectivity index (χ0) is 48.5. The van der Waals surface area contributed by atoms with Gasteiger partial charge in [-0.1, -0.05) is 80.3 Å². The average molecular weight is 960 g/mol. The van der Waals surface area contributed by atoms with E-state index >= 15 is 0 Å². The number of aryl methyl sites for hydroxylation is 1. The fourth-order valence-corrected chi connectivity index (χ4v) is 8.69. The van der Waals surface area contributed by atoms with E-state index in [9.17, 15) is 14.4 Å². The minimum atomic E-state index is -0.479. The fraction of sp³-hybridized carbons (Fsp3) is 0.400. The molecule has 1 aliphatic rings. The van der Waals surface area contributed by atoms with Gasteiger partial charge in [-0.05, 0) is 129 Å². The summed E-state index contributed by atoms with van der Waals surface area (Å²) < 4.78 is 40.6. The number of carbonyl (C=O) groups excluding carboxylic acids is 3. The number of hydrogen-bond acceptors (Lipinski definition) is 14. The number of aromatic nitrogens is 1. The van der Waals surface area contributed by atoms with Crippen molar-refractivity contribution in [2.45, 2.75) is 71.1 Å². The van der Waals surface area contributed by atoms with Crippen LogP contribution in [-0.2, 0) is 39.8 Å². The largest absolute Gasteiger partial charge is 0.494 e. The Labute approximate surface area is 410 Å². The molecule has 5 aromatic rings. The fourth-order valence-electron chi connectivity index (χ4n) is 7.74. The van der Waals surface area contributed by atoms with Gasteiger partial charge in [-0.15, -0.1) is 0 Å². The van der Waals surface area contributed by atoms with E-state index in [4.69, 9.17) is 43.2 Å². The van der Waals surface area contributed by atoms with Gasteiger partial charge in [0.2, 0.25) is 5.13 Å². The van der Waals surface area contributed by atoms with Crippen molar-refractivity contribution < 1.29 is 47.5 Å². The lowest BCUT2D eigenvalue weighted by molar-refractivity contribution is -0.140. The molecule has 1 aliphatic carbocycles. The van der Waals surface area contributed by atoms with Crippen LogP contribution < -0.4 is 19.2 Å². The summed E-state index contributed by atoms with van der Waals surface area (Å²) in [6.45, 7) is 12.5. The Morgan fingerprint density at radius 2 is 1.39 bits per heavy atom. The van der Waals surface area contributed by atoms with Crippen LogP contribution >= 0.6 is 11.3 Å². The van der Waals surface area contributed by atoms with Crippen molar-refractivity contribution in [3.8, 4) is 28.4 Å². The molecule has 0 N–H and O–H groups in total. The normalized spacial score (nSPS) is 14.6. The van der Waals surface area contributed by atoms with Crippen molar-refractivity contribution in [3.63, 3.8) is 0 Å². The number of rotatable bonds is 30. The van der Waals surface area contributed by atoms with E-state index in [1.165, 1.54) is 11.6 Å². The van der Waals surface area contributed by atoms with Crippen molar-refractivity contribution in [3.05, 3.63) is 127 Å². The molecule has 0 saturated heterocycles. The van der Waals surface area contributed by atoms with Crippen molar-refractivity contribution >= 4 is 50.8 Å². The maximum atomic E-state index is 13.2. The monoisotopic (exact) mass is 959 g/mol. The summed E-state index contributed by atoms with van der Waals surface area (Å²) in [5.74, 6) is 1.04. The number of carbonyl (C=O) groups is 3. The molecule has 0 amide bonds. The number of nitrogens with zero attached hydrogens (tertiary/aromatic N) is 3. The van der Waals surface area contributed by atoms with Crippen LogP contribution in [0.3, 0.4) is 0 Å². The molecule has 366 valence electrons. The summed E-state index contributed by atoms with van der Waals surface area (Å²) in [5, 5.41) is 7.65. The highest BCUT2D eigenvalue weighted by Gasteiger charge is 2.28. The highest BCUT2D eigenvalue weighted by atomic mass is 32.1. The summed E-state index contributed by atoms with van der Waals surface area (Å²) in [6, 6.07) is 30.1. The van der Waals surface area contributed by atoms with Crippen LogP contribution in [0.15, 0.2) is 121 Å². The van der Waals surface area contributed by atoms with Crippen LogP contribution in [-0.4, -0.2) is 88.5 Å². The van der Waals surface area contributed by atoms with Crippen molar-refractivity contribution in [2.24, 2.45) is 16.9 Å². The third-order valence-electron chi connectivity index (χ3n) is 11.6. The molecule has 69 heavy (non-hydrogen) atoms. The first kappa shape index (κ1) is 52.0. The SMILES string of the molecule is C=CC(=O)OCCCCCCOc1ccc(OC(=O)C2CCC(COc3ccc(-c4ccc(CCC)cc4)c(/C=N/N(CCOCCOCCOC(=O)C=C)c4nc5ccccc5s4)c3)CC2)cc1. The number of thiazole rings is 1. The molecule has 0 atom stereocenters. The number of hydrazone groups is 1. The number of benzene rings is 4. The summed E-state index contributed by atoms with van der Waals surface area (Å²) in [6.07, 6.45) is 13.1. The van der Waals surface area contributed by atoms with Crippen LogP contribution in [0, 0.1) is 11.8 Å². The number of unbranched alkanes of at least 4 members (excludes halogenated alkanes) is 3. The molecule has 0 spiro atoms. The van der Waals surface area contributed by atoms with E-state index in [2.05, 4.69) is 56.5 Å². The Morgan fingerprint density at radius 3 is 2.12 bits per heavy atom. The lowest BCUT2D eigenvalue weighted by Gasteiger charge is -2.27. The molecule has 1 saturated carbocycles. The molecule has 13 nitrogen and oxygen atoms in total. The maximum Gasteiger partial charge on any atom is 0.330 e. The topological polar surface area (TPSA) is 144 Å². The Bertz CT molecular complexity index is 2380. The predicted molar refractivity (Wildman–Crippen MR) is 271 cm³/mol. The van der Waals surface area contributed by atoms with Gasteiger partial charge < -0.3 is 33.2 Å². The first-order chi connectivity index (χ1) is 33.8. The molecule has 1 fully saturated rings. The molecular weight excluding hydrogens is 895 g/mol. The summed E-state index contributed by atoms with van der Waals surface area (Å²) in [4.78, 5) is 40.5. The van der Waals surface area contributed by atoms with Gasteiger partial charge in [0.25, 0.3) is 0 Å². The van der Waals surface area contributed by atoms with Gasteiger partial charge in [0, 0.05) is 17.7 Å². The van der Waals surface area contributed by atoms with Gasteiger partial charge in [0.15, 0.2) is 0 Å². The van der Waals surface area contributed by atoms with Crippen LogP contribution in [0.5, 0.6) is 17.2 Å². The van der Waals surface area contributed by atoms with Crippen LogP contribution in [0.2, 0.25) is 0 Å². The number of anilines is 1. The molecule has 6 rings (SSSR count). The molecule has 0 bridgehead atoms. The zero-order valence-corrected chi connectivity index (χ0v) is 40.5. The lowest BCUT2D eigenvalue weighted by atomic mass is 9.82. The summed E-state index contributed by atoms with van der Waals surface area (Å²) in [5.41, 5.74) is 5.21. The number of ether oxygens (including phenoxy) is 7. The minimum Gasteiger partial charge on any atom is -0.494 e.